The van der Waals surface area contributed by atoms with Crippen molar-refractivity contribution in [1.82, 2.24) is 4.98 Å². The molecular formula is C9H8N2O3. The van der Waals surface area contributed by atoms with Crippen molar-refractivity contribution in [2.75, 3.05) is 0 Å². The summed E-state index contributed by atoms with van der Waals surface area (Å²) in [6.07, 6.45) is 1.69. The van der Waals surface area contributed by atoms with Crippen LogP contribution in [0.25, 0.3) is 10.9 Å². The highest BCUT2D eigenvalue weighted by Crippen LogP contribution is 2.27. The van der Waals surface area contributed by atoms with Crippen LogP contribution in [-0.4, -0.2) is 16.1 Å². The van der Waals surface area contributed by atoms with Crippen LogP contribution in [-0.2, 0) is 0 Å². The van der Waals surface area contributed by atoms with E-state index in [1.807, 2.05) is 6.07 Å². The Morgan fingerprint density at radius 1 is 1.43 bits per heavy atom. The average Bonchev–Trinajstić information content (AvgIpc) is 2.63. The van der Waals surface area contributed by atoms with Crippen LogP contribution in [0.4, 0.5) is 0 Å². The number of nitrogens with one attached hydrogen (secondary N) is 1. The molecule has 0 amide bonds. The molecule has 1 aromatic carbocycles. The number of hydrogen-bond donors (Lipinski definition) is 3. The molecule has 0 spiro atoms. The van der Waals surface area contributed by atoms with Crippen molar-refractivity contribution >= 4 is 16.9 Å². The number of H-pyrrole nitrogens is 1. The highest BCUT2D eigenvalue weighted by molar-refractivity contribution is 5.99. The number of fused-ring (bicyclic) bond motifs is 1. The van der Waals surface area contributed by atoms with Crippen molar-refractivity contribution in [3.05, 3.63) is 30.0 Å². The Bertz CT molecular complexity index is 490. The van der Waals surface area contributed by atoms with Crippen LogP contribution in [0.5, 0.6) is 5.75 Å². The van der Waals surface area contributed by atoms with E-state index in [0.29, 0.717) is 5.52 Å². The summed E-state index contributed by atoms with van der Waals surface area (Å²) < 4.78 is 0. The lowest BCUT2D eigenvalue weighted by Crippen LogP contribution is -2.08. The summed E-state index contributed by atoms with van der Waals surface area (Å²) in [5.41, 5.74) is 0.634. The van der Waals surface area contributed by atoms with Crippen molar-refractivity contribution in [2.24, 2.45) is 5.90 Å². The highest BCUT2D eigenvalue weighted by atomic mass is 16.6. The molecule has 72 valence electrons. The van der Waals surface area contributed by atoms with Crippen LogP contribution in [0.1, 0.15) is 10.4 Å². The van der Waals surface area contributed by atoms with Crippen LogP contribution in [0.15, 0.2) is 24.4 Å². The number of nitrogens with two attached hydrogens (primary N) is 1. The van der Waals surface area contributed by atoms with Gasteiger partial charge in [-0.2, -0.15) is 5.90 Å². The second-order valence-corrected chi connectivity index (χ2v) is 2.81. The number of benzene rings is 1. The number of hydrogen-bond acceptors (Lipinski definition) is 3. The minimum absolute atomic E-state index is 0.0439. The Balaban J connectivity index is 2.78. The Morgan fingerprint density at radius 3 is 2.86 bits per heavy atom. The SMILES string of the molecule is NOc1c(C(=O)O)ccc2cc[nH]c12. The predicted octanol–water partition coefficient (Wildman–Crippen LogP) is 1.12. The van der Waals surface area contributed by atoms with Crippen molar-refractivity contribution in [3.8, 4) is 5.75 Å². The van der Waals surface area contributed by atoms with Gasteiger partial charge < -0.3 is 14.9 Å². The molecule has 0 aliphatic rings. The third kappa shape index (κ3) is 1.11. The Morgan fingerprint density at radius 2 is 2.21 bits per heavy atom. The van der Waals surface area contributed by atoms with E-state index in [1.54, 1.807) is 12.3 Å². The number of carbonyl (C=O) groups is 1. The smallest absolute Gasteiger partial charge is 0.339 e. The molecule has 5 heteroatoms. The van der Waals surface area contributed by atoms with Gasteiger partial charge in [0.25, 0.3) is 0 Å². The summed E-state index contributed by atoms with van der Waals surface area (Å²) >= 11 is 0. The average molecular weight is 192 g/mol. The van der Waals surface area contributed by atoms with Crippen molar-refractivity contribution in [2.45, 2.75) is 0 Å². The van der Waals surface area contributed by atoms with Gasteiger partial charge in [0.15, 0.2) is 5.75 Å². The molecule has 0 aliphatic heterocycles. The van der Waals surface area contributed by atoms with Gasteiger partial charge in [-0.15, -0.1) is 0 Å². The van der Waals surface area contributed by atoms with E-state index in [0.717, 1.165) is 5.39 Å². The molecular weight excluding hydrogens is 184 g/mol. The molecule has 0 saturated carbocycles. The van der Waals surface area contributed by atoms with E-state index in [1.165, 1.54) is 6.07 Å². The van der Waals surface area contributed by atoms with Crippen LogP contribution in [0.3, 0.4) is 0 Å². The van der Waals surface area contributed by atoms with Gasteiger partial charge in [0.2, 0.25) is 0 Å². The molecule has 4 N–H and O–H groups in total. The van der Waals surface area contributed by atoms with E-state index in [2.05, 4.69) is 9.82 Å². The number of aromatic amines is 1. The first kappa shape index (κ1) is 8.58. The van der Waals surface area contributed by atoms with Gasteiger partial charge in [0.05, 0.1) is 5.52 Å². The first-order chi connectivity index (χ1) is 6.74. The van der Waals surface area contributed by atoms with Crippen molar-refractivity contribution in [3.63, 3.8) is 0 Å². The Kier molecular flexibility index (Phi) is 1.86. The van der Waals surface area contributed by atoms with E-state index < -0.39 is 5.97 Å². The number of carboxylic acid groups (broad SMARTS) is 1. The summed E-state index contributed by atoms with van der Waals surface area (Å²) in [6, 6.07) is 4.96. The molecule has 0 radical (unpaired) electrons. The number of rotatable bonds is 2. The number of carboxylic acids is 1. The molecule has 1 heterocycles. The van der Waals surface area contributed by atoms with E-state index in [9.17, 15) is 4.79 Å². The van der Waals surface area contributed by atoms with Gasteiger partial charge in [-0.05, 0) is 12.1 Å². The second-order valence-electron chi connectivity index (χ2n) is 2.81. The first-order valence-corrected chi connectivity index (χ1v) is 3.94. The zero-order chi connectivity index (χ0) is 10.1. The summed E-state index contributed by atoms with van der Waals surface area (Å²) in [5, 5.41) is 9.70. The zero-order valence-electron chi connectivity index (χ0n) is 7.15. The fraction of sp³-hybridized carbons (Fsp3) is 0. The molecule has 5 nitrogen and oxygen atoms in total. The minimum Gasteiger partial charge on any atom is -0.478 e. The van der Waals surface area contributed by atoms with Gasteiger partial charge in [0, 0.05) is 11.6 Å². The lowest BCUT2D eigenvalue weighted by Gasteiger charge is -2.04. The summed E-state index contributed by atoms with van der Waals surface area (Å²) in [6.45, 7) is 0. The van der Waals surface area contributed by atoms with Crippen LogP contribution in [0, 0.1) is 0 Å². The third-order valence-corrected chi connectivity index (χ3v) is 2.03. The van der Waals surface area contributed by atoms with Gasteiger partial charge in [-0.3, -0.25) is 0 Å². The minimum atomic E-state index is -1.07. The predicted molar refractivity (Wildman–Crippen MR) is 50.1 cm³/mol. The second kappa shape index (κ2) is 3.04. The quantitative estimate of drug-likeness (QED) is 0.622. The maximum atomic E-state index is 10.8. The molecule has 2 aromatic rings. The molecule has 0 bridgehead atoms. The molecule has 1 aromatic heterocycles. The lowest BCUT2D eigenvalue weighted by molar-refractivity contribution is 0.0692. The standard InChI is InChI=1S/C9H8N2O3/c10-14-8-6(9(12)13)2-1-5-3-4-11-7(5)8/h1-4,11H,10H2,(H,12,13). The topological polar surface area (TPSA) is 88.3 Å². The molecule has 0 fully saturated rings. The molecule has 14 heavy (non-hydrogen) atoms. The van der Waals surface area contributed by atoms with Crippen LogP contribution >= 0.6 is 0 Å². The van der Waals surface area contributed by atoms with Gasteiger partial charge in [-0.1, -0.05) is 6.07 Å². The maximum absolute atomic E-state index is 10.8. The largest absolute Gasteiger partial charge is 0.478 e. The fourth-order valence-corrected chi connectivity index (χ4v) is 1.39. The molecule has 0 saturated heterocycles. The summed E-state index contributed by atoms with van der Waals surface area (Å²) in [7, 11) is 0. The van der Waals surface area contributed by atoms with Gasteiger partial charge in [-0.25, -0.2) is 4.79 Å². The molecule has 2 rings (SSSR count). The Hall–Kier alpha value is -2.01. The summed E-state index contributed by atoms with van der Waals surface area (Å²) in [4.78, 5) is 18.2. The van der Waals surface area contributed by atoms with Gasteiger partial charge >= 0.3 is 5.97 Å². The highest BCUT2D eigenvalue weighted by Gasteiger charge is 2.14. The van der Waals surface area contributed by atoms with Crippen LogP contribution in [0.2, 0.25) is 0 Å². The van der Waals surface area contributed by atoms with E-state index in [4.69, 9.17) is 11.0 Å². The van der Waals surface area contributed by atoms with Gasteiger partial charge in [0.1, 0.15) is 5.56 Å². The number of aromatic nitrogens is 1. The monoisotopic (exact) mass is 192 g/mol. The first-order valence-electron chi connectivity index (χ1n) is 3.94. The lowest BCUT2D eigenvalue weighted by atomic mass is 10.1. The molecule has 0 aliphatic carbocycles. The normalized spacial score (nSPS) is 10.4. The van der Waals surface area contributed by atoms with Crippen molar-refractivity contribution < 1.29 is 14.7 Å². The fourth-order valence-electron chi connectivity index (χ4n) is 1.39. The number of aromatic carboxylic acids is 1. The van der Waals surface area contributed by atoms with Crippen LogP contribution < -0.4 is 10.7 Å². The molecule has 0 atom stereocenters. The van der Waals surface area contributed by atoms with Crippen molar-refractivity contribution in [1.29, 1.82) is 0 Å². The third-order valence-electron chi connectivity index (χ3n) is 2.03. The van der Waals surface area contributed by atoms with E-state index in [-0.39, 0.29) is 11.3 Å². The molecule has 0 unspecified atom stereocenters. The zero-order valence-corrected chi connectivity index (χ0v) is 7.15. The maximum Gasteiger partial charge on any atom is 0.339 e. The summed E-state index contributed by atoms with van der Waals surface area (Å²) in [5.74, 6) is 4.12. The Labute approximate surface area is 79.1 Å². The van der Waals surface area contributed by atoms with E-state index >= 15 is 0 Å².